The second-order valence-electron chi connectivity index (χ2n) is 6.27. The Morgan fingerprint density at radius 3 is 2.79 bits per heavy atom. The molecule has 3 aromatic heterocycles. The first kappa shape index (κ1) is 17.9. The van der Waals surface area contributed by atoms with Crippen molar-refractivity contribution in [1.82, 2.24) is 28.9 Å². The topological polar surface area (TPSA) is 106 Å². The van der Waals surface area contributed by atoms with E-state index in [1.54, 1.807) is 22.4 Å². The van der Waals surface area contributed by atoms with Gasteiger partial charge in [0.15, 0.2) is 17.0 Å². The minimum absolute atomic E-state index is 0.0276. The normalized spacial score (nSPS) is 11.4. The number of esters is 1. The molecular weight excluding hydrogens is 364 g/mol. The quantitative estimate of drug-likeness (QED) is 0.474. The number of hydrogen-bond donors (Lipinski definition) is 0. The molecule has 0 saturated carbocycles. The summed E-state index contributed by atoms with van der Waals surface area (Å²) in [6, 6.07) is 5.86. The van der Waals surface area contributed by atoms with Crippen LogP contribution in [0.5, 0.6) is 0 Å². The average Bonchev–Trinajstić information content (AvgIpc) is 3.34. The SMILES string of the molecule is COCCn1c(=O)c2c(-n3cc(C(=O)OC)nn3)ncn2c2ccc(C)cc21. The average molecular weight is 382 g/mol. The number of fused-ring (bicyclic) bond motifs is 3. The lowest BCUT2D eigenvalue weighted by Gasteiger charge is -2.13. The molecule has 0 radical (unpaired) electrons. The molecule has 1 aromatic carbocycles. The molecule has 0 amide bonds. The lowest BCUT2D eigenvalue weighted by atomic mass is 10.2. The van der Waals surface area contributed by atoms with Gasteiger partial charge in [0.2, 0.25) is 0 Å². The van der Waals surface area contributed by atoms with Crippen molar-refractivity contribution in [2.45, 2.75) is 13.5 Å². The van der Waals surface area contributed by atoms with E-state index in [4.69, 9.17) is 4.74 Å². The Labute approximate surface area is 158 Å². The molecule has 0 unspecified atom stereocenters. The highest BCUT2D eigenvalue weighted by Gasteiger charge is 2.19. The van der Waals surface area contributed by atoms with E-state index in [2.05, 4.69) is 20.0 Å². The molecule has 144 valence electrons. The van der Waals surface area contributed by atoms with Gasteiger partial charge in [-0.15, -0.1) is 5.10 Å². The van der Waals surface area contributed by atoms with E-state index < -0.39 is 5.97 Å². The summed E-state index contributed by atoms with van der Waals surface area (Å²) in [6.45, 7) is 2.75. The Kier molecular flexibility index (Phi) is 4.40. The third kappa shape index (κ3) is 2.74. The second kappa shape index (κ2) is 6.89. The first-order chi connectivity index (χ1) is 13.5. The number of ether oxygens (including phenoxy) is 2. The predicted molar refractivity (Wildman–Crippen MR) is 99.8 cm³/mol. The summed E-state index contributed by atoms with van der Waals surface area (Å²) in [4.78, 5) is 29.3. The van der Waals surface area contributed by atoms with Crippen molar-refractivity contribution < 1.29 is 14.3 Å². The van der Waals surface area contributed by atoms with E-state index >= 15 is 0 Å². The van der Waals surface area contributed by atoms with Crippen LogP contribution < -0.4 is 5.56 Å². The molecule has 0 fully saturated rings. The van der Waals surface area contributed by atoms with Crippen LogP contribution in [0.4, 0.5) is 0 Å². The lowest BCUT2D eigenvalue weighted by molar-refractivity contribution is 0.0594. The minimum Gasteiger partial charge on any atom is -0.464 e. The van der Waals surface area contributed by atoms with Crippen LogP contribution in [0.1, 0.15) is 16.1 Å². The summed E-state index contributed by atoms with van der Waals surface area (Å²) in [5, 5.41) is 7.71. The van der Waals surface area contributed by atoms with Crippen molar-refractivity contribution in [1.29, 1.82) is 0 Å². The van der Waals surface area contributed by atoms with Crippen molar-refractivity contribution in [3.8, 4) is 5.82 Å². The van der Waals surface area contributed by atoms with Crippen molar-refractivity contribution in [2.24, 2.45) is 0 Å². The van der Waals surface area contributed by atoms with Crippen LogP contribution in [0.15, 0.2) is 35.5 Å². The minimum atomic E-state index is -0.617. The van der Waals surface area contributed by atoms with Crippen molar-refractivity contribution in [2.75, 3.05) is 20.8 Å². The number of benzene rings is 1. The van der Waals surface area contributed by atoms with Crippen LogP contribution in [0, 0.1) is 6.92 Å². The Hall–Kier alpha value is -3.53. The first-order valence-corrected chi connectivity index (χ1v) is 8.55. The summed E-state index contributed by atoms with van der Waals surface area (Å²) in [5.74, 6) is -0.338. The molecular formula is C18H18N6O4. The maximum atomic E-state index is 13.3. The molecule has 28 heavy (non-hydrogen) atoms. The summed E-state index contributed by atoms with van der Waals surface area (Å²) in [6.07, 6.45) is 2.94. The molecule has 0 N–H and O–H groups in total. The molecule has 0 bridgehead atoms. The number of hydrogen-bond acceptors (Lipinski definition) is 7. The molecule has 0 aliphatic rings. The van der Waals surface area contributed by atoms with Gasteiger partial charge in [-0.05, 0) is 24.6 Å². The Balaban J connectivity index is 2.00. The number of aromatic nitrogens is 6. The van der Waals surface area contributed by atoms with Crippen LogP contribution in [0.3, 0.4) is 0 Å². The van der Waals surface area contributed by atoms with Crippen LogP contribution in [0.25, 0.3) is 22.4 Å². The van der Waals surface area contributed by atoms with Gasteiger partial charge in [-0.25, -0.2) is 9.78 Å². The zero-order valence-corrected chi connectivity index (χ0v) is 15.6. The summed E-state index contributed by atoms with van der Waals surface area (Å²) < 4.78 is 14.5. The van der Waals surface area contributed by atoms with Gasteiger partial charge in [-0.2, -0.15) is 4.68 Å². The maximum Gasteiger partial charge on any atom is 0.360 e. The molecule has 0 aliphatic carbocycles. The number of carbonyl (C=O) groups is 1. The van der Waals surface area contributed by atoms with Gasteiger partial charge in [0.1, 0.15) is 6.33 Å². The highest BCUT2D eigenvalue weighted by atomic mass is 16.5. The van der Waals surface area contributed by atoms with E-state index in [9.17, 15) is 9.59 Å². The predicted octanol–water partition coefficient (Wildman–Crippen LogP) is 0.971. The van der Waals surface area contributed by atoms with E-state index in [0.29, 0.717) is 18.7 Å². The van der Waals surface area contributed by atoms with Gasteiger partial charge in [0.25, 0.3) is 5.56 Å². The van der Waals surface area contributed by atoms with Gasteiger partial charge in [0, 0.05) is 13.7 Å². The summed E-state index contributed by atoms with van der Waals surface area (Å²) in [7, 11) is 2.85. The highest BCUT2D eigenvalue weighted by Crippen LogP contribution is 2.20. The van der Waals surface area contributed by atoms with Gasteiger partial charge in [-0.1, -0.05) is 11.3 Å². The highest BCUT2D eigenvalue weighted by molar-refractivity contribution is 5.87. The largest absolute Gasteiger partial charge is 0.464 e. The van der Waals surface area contributed by atoms with Gasteiger partial charge >= 0.3 is 5.97 Å². The van der Waals surface area contributed by atoms with Crippen LogP contribution in [0.2, 0.25) is 0 Å². The van der Waals surface area contributed by atoms with E-state index in [1.165, 1.54) is 18.0 Å². The third-order valence-corrected chi connectivity index (χ3v) is 4.50. The van der Waals surface area contributed by atoms with Gasteiger partial charge in [-0.3, -0.25) is 9.20 Å². The monoisotopic (exact) mass is 382 g/mol. The summed E-state index contributed by atoms with van der Waals surface area (Å²) in [5.41, 5.74) is 2.76. The number of rotatable bonds is 5. The molecule has 0 saturated heterocycles. The molecule has 3 heterocycles. The molecule has 0 atom stereocenters. The Morgan fingerprint density at radius 2 is 2.04 bits per heavy atom. The number of imidazole rings is 1. The van der Waals surface area contributed by atoms with Gasteiger partial charge < -0.3 is 14.0 Å². The molecule has 10 heteroatoms. The number of nitrogens with zero attached hydrogens (tertiary/aromatic N) is 6. The fourth-order valence-electron chi connectivity index (χ4n) is 3.15. The number of aryl methyl sites for hydroxylation is 1. The second-order valence-corrected chi connectivity index (χ2v) is 6.27. The van der Waals surface area contributed by atoms with Gasteiger partial charge in [0.05, 0.1) is 30.9 Å². The first-order valence-electron chi connectivity index (χ1n) is 8.55. The van der Waals surface area contributed by atoms with Crippen LogP contribution in [-0.4, -0.2) is 55.7 Å². The Morgan fingerprint density at radius 1 is 1.21 bits per heavy atom. The Bertz CT molecular complexity index is 1250. The fraction of sp³-hybridized carbons (Fsp3) is 0.278. The zero-order chi connectivity index (χ0) is 19.8. The summed E-state index contributed by atoms with van der Waals surface area (Å²) >= 11 is 0. The van der Waals surface area contributed by atoms with Crippen molar-refractivity contribution in [3.05, 3.63) is 52.3 Å². The zero-order valence-electron chi connectivity index (χ0n) is 15.6. The maximum absolute atomic E-state index is 13.3. The van der Waals surface area contributed by atoms with E-state index in [1.807, 2.05) is 25.1 Å². The van der Waals surface area contributed by atoms with Crippen molar-refractivity contribution >= 4 is 22.5 Å². The van der Waals surface area contributed by atoms with Crippen LogP contribution >= 0.6 is 0 Å². The van der Waals surface area contributed by atoms with E-state index in [0.717, 1.165) is 16.6 Å². The van der Waals surface area contributed by atoms with E-state index in [-0.39, 0.29) is 17.1 Å². The lowest BCUT2D eigenvalue weighted by Crippen LogP contribution is -2.25. The third-order valence-electron chi connectivity index (χ3n) is 4.50. The number of carbonyl (C=O) groups excluding carboxylic acids is 1. The fourth-order valence-corrected chi connectivity index (χ4v) is 3.15. The molecule has 0 aliphatic heterocycles. The smallest absolute Gasteiger partial charge is 0.360 e. The van der Waals surface area contributed by atoms with Crippen LogP contribution in [-0.2, 0) is 16.0 Å². The van der Waals surface area contributed by atoms with Crippen molar-refractivity contribution in [3.63, 3.8) is 0 Å². The number of methoxy groups -OCH3 is 2. The molecule has 4 aromatic rings. The molecule has 0 spiro atoms. The standard InChI is InChI=1S/C18H18N6O4/c1-11-4-5-13-14(8-11)22(6-7-27-2)17(25)15-16(19-10-23(13)15)24-9-12(20-21-24)18(26)28-3/h4-5,8-10H,6-7H2,1-3H3. The molecule has 10 nitrogen and oxygen atoms in total. The molecule has 4 rings (SSSR count).